The Hall–Kier alpha value is -1.35. The Kier molecular flexibility index (Phi) is 5.40. The zero-order valence-corrected chi connectivity index (χ0v) is 13.5. The van der Waals surface area contributed by atoms with Crippen LogP contribution in [0.5, 0.6) is 0 Å². The van der Waals surface area contributed by atoms with E-state index in [4.69, 9.17) is 4.74 Å². The van der Waals surface area contributed by atoms with Gasteiger partial charge in [-0.3, -0.25) is 4.90 Å². The van der Waals surface area contributed by atoms with Crippen molar-refractivity contribution in [2.24, 2.45) is 0 Å². The van der Waals surface area contributed by atoms with Gasteiger partial charge >= 0.3 is 5.97 Å². The molecule has 1 aromatic carbocycles. The highest BCUT2D eigenvalue weighted by Crippen LogP contribution is 2.28. The zero-order chi connectivity index (χ0) is 15.3. The summed E-state index contributed by atoms with van der Waals surface area (Å²) in [4.78, 5) is 15.0. The minimum absolute atomic E-state index is 0.116. The normalized spacial score (nSPS) is 18.2. The number of hydrogen-bond acceptors (Lipinski definition) is 3. The Balaban J connectivity index is 2.21. The molecule has 0 radical (unpaired) electrons. The van der Waals surface area contributed by atoms with Crippen molar-refractivity contribution in [2.45, 2.75) is 58.1 Å². The molecule has 1 aliphatic heterocycles. The van der Waals surface area contributed by atoms with Crippen molar-refractivity contribution in [2.75, 3.05) is 13.1 Å². The summed E-state index contributed by atoms with van der Waals surface area (Å²) in [5, 5.41) is 0. The van der Waals surface area contributed by atoms with Gasteiger partial charge in [0.15, 0.2) is 0 Å². The summed E-state index contributed by atoms with van der Waals surface area (Å²) in [5.41, 5.74) is 0.635. The minimum Gasteiger partial charge on any atom is -0.458 e. The van der Waals surface area contributed by atoms with Gasteiger partial charge in [0.05, 0.1) is 0 Å². The number of likely N-dealkylation sites (tertiary alicyclic amines) is 1. The molecule has 1 saturated heterocycles. The molecule has 0 bridgehead atoms. The average molecular weight is 289 g/mol. The van der Waals surface area contributed by atoms with Crippen LogP contribution >= 0.6 is 0 Å². The number of carbonyl (C=O) groups is 1. The lowest BCUT2D eigenvalue weighted by Gasteiger charge is -2.35. The molecule has 1 unspecified atom stereocenters. The number of piperidine rings is 1. The first-order valence-electron chi connectivity index (χ1n) is 8.05. The van der Waals surface area contributed by atoms with Crippen molar-refractivity contribution >= 4 is 5.97 Å². The van der Waals surface area contributed by atoms with E-state index in [0.29, 0.717) is 0 Å². The summed E-state index contributed by atoms with van der Waals surface area (Å²) < 4.78 is 5.78. The summed E-state index contributed by atoms with van der Waals surface area (Å²) >= 11 is 0. The quantitative estimate of drug-likeness (QED) is 0.769. The third-order valence-electron chi connectivity index (χ3n) is 4.32. The van der Waals surface area contributed by atoms with E-state index < -0.39 is 5.60 Å². The number of nitrogens with zero attached hydrogens (tertiary/aromatic N) is 1. The second-order valence-corrected chi connectivity index (χ2v) is 6.44. The maximum absolute atomic E-state index is 12.8. The molecule has 0 amide bonds. The topological polar surface area (TPSA) is 29.5 Å². The summed E-state index contributed by atoms with van der Waals surface area (Å²) in [7, 11) is 0. The van der Waals surface area contributed by atoms with Crippen LogP contribution in [-0.4, -0.2) is 29.6 Å². The first-order valence-corrected chi connectivity index (χ1v) is 8.05. The van der Waals surface area contributed by atoms with E-state index in [0.717, 1.165) is 37.9 Å². The second kappa shape index (κ2) is 7.08. The molecule has 3 nitrogen and oxygen atoms in total. The lowest BCUT2D eigenvalue weighted by Crippen LogP contribution is -2.41. The average Bonchev–Trinajstić information content (AvgIpc) is 2.49. The fourth-order valence-electron chi connectivity index (χ4n) is 2.71. The number of carbonyl (C=O) groups excluding carboxylic acids is 1. The fraction of sp³-hybridized carbons (Fsp3) is 0.611. The van der Waals surface area contributed by atoms with Gasteiger partial charge in [-0.2, -0.15) is 0 Å². The van der Waals surface area contributed by atoms with Crippen LogP contribution in [0.2, 0.25) is 0 Å². The Labute approximate surface area is 128 Å². The number of benzene rings is 1. The van der Waals surface area contributed by atoms with E-state index >= 15 is 0 Å². The van der Waals surface area contributed by atoms with Gasteiger partial charge in [-0.15, -0.1) is 0 Å². The molecular formula is C18H27NO2. The Morgan fingerprint density at radius 3 is 2.38 bits per heavy atom. The van der Waals surface area contributed by atoms with Gasteiger partial charge in [0.1, 0.15) is 11.6 Å². The summed E-state index contributed by atoms with van der Waals surface area (Å²) in [6.45, 7) is 7.94. The molecule has 0 N–H and O–H groups in total. The molecule has 0 spiro atoms. The molecule has 1 aliphatic rings. The molecule has 2 rings (SSSR count). The highest BCUT2D eigenvalue weighted by molar-refractivity contribution is 5.78. The van der Waals surface area contributed by atoms with E-state index in [1.54, 1.807) is 0 Å². The molecule has 0 saturated carbocycles. The van der Waals surface area contributed by atoms with Crippen LogP contribution in [0.1, 0.15) is 58.1 Å². The van der Waals surface area contributed by atoms with Crippen molar-refractivity contribution in [3.05, 3.63) is 35.9 Å². The largest absolute Gasteiger partial charge is 0.458 e. The van der Waals surface area contributed by atoms with Crippen LogP contribution in [-0.2, 0) is 9.53 Å². The summed E-state index contributed by atoms with van der Waals surface area (Å²) in [5.74, 6) is -0.116. The molecule has 1 fully saturated rings. The third kappa shape index (κ3) is 4.31. The van der Waals surface area contributed by atoms with Crippen LogP contribution in [0.3, 0.4) is 0 Å². The van der Waals surface area contributed by atoms with Crippen LogP contribution in [0.25, 0.3) is 0 Å². The lowest BCUT2D eigenvalue weighted by molar-refractivity contribution is -0.164. The van der Waals surface area contributed by atoms with Crippen molar-refractivity contribution < 1.29 is 9.53 Å². The monoisotopic (exact) mass is 289 g/mol. The standard InChI is InChI=1S/C18H27NO2/c1-4-18(2,3)21-17(20)16(15-11-7-5-8-12-15)19-13-9-6-10-14-19/h5,7-8,11-12,16H,4,6,9-10,13-14H2,1-3H3. The molecule has 21 heavy (non-hydrogen) atoms. The highest BCUT2D eigenvalue weighted by Gasteiger charge is 2.33. The zero-order valence-electron chi connectivity index (χ0n) is 13.5. The third-order valence-corrected chi connectivity index (χ3v) is 4.32. The van der Waals surface area contributed by atoms with Gasteiger partial charge in [0.25, 0.3) is 0 Å². The Bertz CT molecular complexity index is 450. The van der Waals surface area contributed by atoms with Crippen LogP contribution in [0, 0.1) is 0 Å². The van der Waals surface area contributed by atoms with Gasteiger partial charge in [-0.1, -0.05) is 43.7 Å². The molecule has 0 aliphatic carbocycles. The van der Waals surface area contributed by atoms with Crippen LogP contribution in [0.15, 0.2) is 30.3 Å². The molecule has 116 valence electrons. The van der Waals surface area contributed by atoms with Crippen molar-refractivity contribution in [3.8, 4) is 0 Å². The van der Waals surface area contributed by atoms with Crippen molar-refractivity contribution in [1.82, 2.24) is 4.90 Å². The number of ether oxygens (including phenoxy) is 1. The van der Waals surface area contributed by atoms with Gasteiger partial charge < -0.3 is 4.74 Å². The second-order valence-electron chi connectivity index (χ2n) is 6.44. The van der Waals surface area contributed by atoms with E-state index in [1.807, 2.05) is 51.1 Å². The van der Waals surface area contributed by atoms with E-state index in [9.17, 15) is 4.79 Å². The molecule has 1 heterocycles. The summed E-state index contributed by atoms with van der Waals surface area (Å²) in [6.07, 6.45) is 4.40. The van der Waals surface area contributed by atoms with Gasteiger partial charge in [0, 0.05) is 0 Å². The predicted octanol–water partition coefficient (Wildman–Crippen LogP) is 3.95. The minimum atomic E-state index is -0.403. The maximum Gasteiger partial charge on any atom is 0.328 e. The number of rotatable bonds is 5. The maximum atomic E-state index is 12.8. The van der Waals surface area contributed by atoms with E-state index in [-0.39, 0.29) is 12.0 Å². The van der Waals surface area contributed by atoms with Crippen molar-refractivity contribution in [1.29, 1.82) is 0 Å². The van der Waals surface area contributed by atoms with Crippen LogP contribution in [0.4, 0.5) is 0 Å². The molecule has 0 aromatic heterocycles. The Morgan fingerprint density at radius 1 is 1.19 bits per heavy atom. The summed E-state index contributed by atoms with van der Waals surface area (Å²) in [6, 6.07) is 9.75. The van der Waals surface area contributed by atoms with Gasteiger partial charge in [-0.05, 0) is 51.8 Å². The van der Waals surface area contributed by atoms with Crippen molar-refractivity contribution in [3.63, 3.8) is 0 Å². The lowest BCUT2D eigenvalue weighted by atomic mass is 10.0. The fourth-order valence-corrected chi connectivity index (χ4v) is 2.71. The predicted molar refractivity (Wildman–Crippen MR) is 85.1 cm³/mol. The molecule has 1 atom stereocenters. The van der Waals surface area contributed by atoms with Crippen LogP contribution < -0.4 is 0 Å². The number of hydrogen-bond donors (Lipinski definition) is 0. The van der Waals surface area contributed by atoms with E-state index in [1.165, 1.54) is 6.42 Å². The van der Waals surface area contributed by atoms with Gasteiger partial charge in [-0.25, -0.2) is 4.79 Å². The first-order chi connectivity index (χ1) is 10.0. The molecule has 3 heteroatoms. The Morgan fingerprint density at radius 2 is 1.81 bits per heavy atom. The highest BCUT2D eigenvalue weighted by atomic mass is 16.6. The molecular weight excluding hydrogens is 262 g/mol. The first kappa shape index (κ1) is 16.0. The van der Waals surface area contributed by atoms with Gasteiger partial charge in [0.2, 0.25) is 0 Å². The SMILES string of the molecule is CCC(C)(C)OC(=O)C(c1ccccc1)N1CCCCC1. The smallest absolute Gasteiger partial charge is 0.328 e. The van der Waals surface area contributed by atoms with E-state index in [2.05, 4.69) is 4.90 Å². The molecule has 1 aromatic rings. The number of esters is 1.